The maximum atomic E-state index is 5.84. The van der Waals surface area contributed by atoms with Gasteiger partial charge >= 0.3 is 0 Å². The van der Waals surface area contributed by atoms with E-state index in [4.69, 9.17) is 4.74 Å². The SMILES string of the molecule is c1ccc([C@@H]2C[C@H]2COc2cnc3ccnn3c2)cc1. The average molecular weight is 265 g/mol. The highest BCUT2D eigenvalue weighted by molar-refractivity contribution is 5.37. The van der Waals surface area contributed by atoms with Crippen LogP contribution in [0.3, 0.4) is 0 Å². The van der Waals surface area contributed by atoms with Crippen LogP contribution in [0.15, 0.2) is 55.0 Å². The summed E-state index contributed by atoms with van der Waals surface area (Å²) in [6.07, 6.45) is 6.58. The molecule has 0 bridgehead atoms. The van der Waals surface area contributed by atoms with Crippen LogP contribution in [-0.2, 0) is 0 Å². The van der Waals surface area contributed by atoms with Gasteiger partial charge in [0.1, 0.15) is 0 Å². The number of ether oxygens (including phenoxy) is 1. The van der Waals surface area contributed by atoms with Gasteiger partial charge in [-0.1, -0.05) is 30.3 Å². The summed E-state index contributed by atoms with van der Waals surface area (Å²) in [6.45, 7) is 0.744. The van der Waals surface area contributed by atoms with Gasteiger partial charge in [0, 0.05) is 12.0 Å². The maximum absolute atomic E-state index is 5.84. The van der Waals surface area contributed by atoms with Crippen LogP contribution in [-0.4, -0.2) is 21.2 Å². The van der Waals surface area contributed by atoms with Crippen LogP contribution in [0.2, 0.25) is 0 Å². The third-order valence-corrected chi connectivity index (χ3v) is 3.84. The highest BCUT2D eigenvalue weighted by atomic mass is 16.5. The smallest absolute Gasteiger partial charge is 0.155 e. The fourth-order valence-corrected chi connectivity index (χ4v) is 2.61. The standard InChI is InChI=1S/C16H15N3O/c1-2-4-12(5-3-1)15-8-13(15)11-20-14-9-17-16-6-7-18-19(16)10-14/h1-7,9-10,13,15H,8,11H2/t13-,15-/m0/s1. The first-order valence-electron chi connectivity index (χ1n) is 6.87. The second-order valence-corrected chi connectivity index (χ2v) is 5.25. The fraction of sp³-hybridized carbons (Fsp3) is 0.250. The Morgan fingerprint density at radius 2 is 2.10 bits per heavy atom. The van der Waals surface area contributed by atoms with E-state index in [2.05, 4.69) is 40.4 Å². The molecule has 4 nitrogen and oxygen atoms in total. The average Bonchev–Trinajstić information content (AvgIpc) is 3.13. The van der Waals surface area contributed by atoms with Gasteiger partial charge in [0.25, 0.3) is 0 Å². The van der Waals surface area contributed by atoms with Gasteiger partial charge < -0.3 is 4.74 Å². The van der Waals surface area contributed by atoms with E-state index in [1.54, 1.807) is 16.9 Å². The zero-order chi connectivity index (χ0) is 13.4. The molecule has 2 heterocycles. The summed E-state index contributed by atoms with van der Waals surface area (Å²) in [4.78, 5) is 4.29. The number of hydrogen-bond acceptors (Lipinski definition) is 3. The van der Waals surface area contributed by atoms with Crippen LogP contribution in [0.25, 0.3) is 5.65 Å². The highest BCUT2D eigenvalue weighted by Gasteiger charge is 2.38. The molecule has 2 aromatic heterocycles. The molecular weight excluding hydrogens is 250 g/mol. The fourth-order valence-electron chi connectivity index (χ4n) is 2.61. The number of fused-ring (bicyclic) bond motifs is 1. The predicted octanol–water partition coefficient (Wildman–Crippen LogP) is 2.91. The van der Waals surface area contributed by atoms with E-state index in [1.807, 2.05) is 12.3 Å². The Morgan fingerprint density at radius 1 is 1.20 bits per heavy atom. The molecule has 20 heavy (non-hydrogen) atoms. The molecular formula is C16H15N3O. The molecule has 1 saturated carbocycles. The summed E-state index contributed by atoms with van der Waals surface area (Å²) < 4.78 is 7.57. The number of hydrogen-bond donors (Lipinski definition) is 0. The zero-order valence-corrected chi connectivity index (χ0v) is 11.0. The van der Waals surface area contributed by atoms with E-state index in [9.17, 15) is 0 Å². The van der Waals surface area contributed by atoms with Gasteiger partial charge in [0.05, 0.1) is 25.2 Å². The van der Waals surface area contributed by atoms with Crippen LogP contribution in [0, 0.1) is 5.92 Å². The first kappa shape index (κ1) is 11.5. The van der Waals surface area contributed by atoms with Gasteiger partial charge in [-0.2, -0.15) is 5.10 Å². The molecule has 1 aliphatic carbocycles. The lowest BCUT2D eigenvalue weighted by Crippen LogP contribution is -2.02. The molecule has 1 fully saturated rings. The third kappa shape index (κ3) is 2.13. The Morgan fingerprint density at radius 3 is 3.00 bits per heavy atom. The molecule has 0 N–H and O–H groups in total. The largest absolute Gasteiger partial charge is 0.490 e. The summed E-state index contributed by atoms with van der Waals surface area (Å²) in [6, 6.07) is 12.5. The summed E-state index contributed by atoms with van der Waals surface area (Å²) in [5.41, 5.74) is 2.26. The summed E-state index contributed by atoms with van der Waals surface area (Å²) >= 11 is 0. The summed E-state index contributed by atoms with van der Waals surface area (Å²) in [5, 5.41) is 4.16. The van der Waals surface area contributed by atoms with Crippen molar-refractivity contribution < 1.29 is 4.74 Å². The number of rotatable bonds is 4. The van der Waals surface area contributed by atoms with Gasteiger partial charge in [0.15, 0.2) is 11.4 Å². The van der Waals surface area contributed by atoms with E-state index >= 15 is 0 Å². The molecule has 2 atom stereocenters. The van der Waals surface area contributed by atoms with Gasteiger partial charge in [-0.15, -0.1) is 0 Å². The van der Waals surface area contributed by atoms with Crippen molar-refractivity contribution in [2.24, 2.45) is 5.92 Å². The Hall–Kier alpha value is -2.36. The van der Waals surface area contributed by atoms with Crippen molar-refractivity contribution in [1.29, 1.82) is 0 Å². The second-order valence-electron chi connectivity index (χ2n) is 5.25. The predicted molar refractivity (Wildman–Crippen MR) is 75.8 cm³/mol. The highest BCUT2D eigenvalue weighted by Crippen LogP contribution is 2.47. The van der Waals surface area contributed by atoms with Crippen molar-refractivity contribution in [3.05, 3.63) is 60.6 Å². The molecule has 0 spiro atoms. The molecule has 1 aromatic carbocycles. The Balaban J connectivity index is 1.39. The minimum absolute atomic E-state index is 0.616. The van der Waals surface area contributed by atoms with Crippen molar-refractivity contribution in [3.63, 3.8) is 0 Å². The van der Waals surface area contributed by atoms with E-state index in [0.29, 0.717) is 11.8 Å². The molecule has 0 unspecified atom stereocenters. The molecule has 0 aliphatic heterocycles. The lowest BCUT2D eigenvalue weighted by Gasteiger charge is -2.05. The maximum Gasteiger partial charge on any atom is 0.155 e. The summed E-state index contributed by atoms with van der Waals surface area (Å²) in [7, 11) is 0. The lowest BCUT2D eigenvalue weighted by molar-refractivity contribution is 0.294. The third-order valence-electron chi connectivity index (χ3n) is 3.84. The van der Waals surface area contributed by atoms with E-state index < -0.39 is 0 Å². The van der Waals surface area contributed by atoms with Gasteiger partial charge in [0.2, 0.25) is 0 Å². The zero-order valence-electron chi connectivity index (χ0n) is 11.0. The van der Waals surface area contributed by atoms with Crippen LogP contribution < -0.4 is 4.74 Å². The van der Waals surface area contributed by atoms with Gasteiger partial charge in [-0.3, -0.25) is 0 Å². The number of benzene rings is 1. The normalized spacial score (nSPS) is 21.0. The Kier molecular flexibility index (Phi) is 2.66. The summed E-state index contributed by atoms with van der Waals surface area (Å²) in [5.74, 6) is 2.04. The molecule has 3 aromatic rings. The van der Waals surface area contributed by atoms with Crippen LogP contribution in [0.5, 0.6) is 5.75 Å². The molecule has 1 aliphatic rings. The lowest BCUT2D eigenvalue weighted by atomic mass is 10.1. The van der Waals surface area contributed by atoms with E-state index in [-0.39, 0.29) is 0 Å². The van der Waals surface area contributed by atoms with Gasteiger partial charge in [-0.05, 0) is 17.9 Å². The molecule has 0 amide bonds. The van der Waals surface area contributed by atoms with Crippen molar-refractivity contribution in [1.82, 2.24) is 14.6 Å². The first-order chi connectivity index (χ1) is 9.90. The molecule has 4 rings (SSSR count). The Labute approximate surface area is 117 Å². The molecule has 0 radical (unpaired) electrons. The van der Waals surface area contributed by atoms with E-state index in [1.165, 1.54) is 12.0 Å². The minimum atomic E-state index is 0.616. The van der Waals surface area contributed by atoms with Crippen LogP contribution in [0.4, 0.5) is 0 Å². The minimum Gasteiger partial charge on any atom is -0.490 e. The van der Waals surface area contributed by atoms with Crippen LogP contribution in [0.1, 0.15) is 17.9 Å². The quantitative estimate of drug-likeness (QED) is 0.728. The number of aromatic nitrogens is 3. The first-order valence-corrected chi connectivity index (χ1v) is 6.87. The van der Waals surface area contributed by atoms with Crippen molar-refractivity contribution >= 4 is 5.65 Å². The van der Waals surface area contributed by atoms with Gasteiger partial charge in [-0.25, -0.2) is 9.50 Å². The molecule has 0 saturated heterocycles. The molecule has 100 valence electrons. The van der Waals surface area contributed by atoms with Crippen molar-refractivity contribution in [2.75, 3.05) is 6.61 Å². The van der Waals surface area contributed by atoms with Crippen molar-refractivity contribution in [2.45, 2.75) is 12.3 Å². The van der Waals surface area contributed by atoms with Crippen molar-refractivity contribution in [3.8, 4) is 5.75 Å². The van der Waals surface area contributed by atoms with E-state index in [0.717, 1.165) is 18.0 Å². The topological polar surface area (TPSA) is 39.4 Å². The Bertz CT molecular complexity index is 723. The monoisotopic (exact) mass is 265 g/mol. The number of nitrogens with zero attached hydrogens (tertiary/aromatic N) is 3. The second kappa shape index (κ2) is 4.63. The molecule has 4 heteroatoms. The van der Waals surface area contributed by atoms with Crippen LogP contribution >= 0.6 is 0 Å².